The molecule has 0 saturated carbocycles. The van der Waals surface area contributed by atoms with E-state index >= 15 is 0 Å². The molecule has 2 aliphatic rings. The number of fused-ring (bicyclic) bond motifs is 2. The largest absolute Gasteiger partial charge is 0.334 e. The molecule has 1 unspecified atom stereocenters. The van der Waals surface area contributed by atoms with Gasteiger partial charge in [0.25, 0.3) is 0 Å². The molecule has 0 radical (unpaired) electrons. The SMILES string of the molecule is CCCCCCC(CCCCCC)C(=O)N1[C@@H]2CC[C@H]1CN(CCCCC(C)CCCC)C2. The first kappa shape index (κ1) is 28.7. The van der Waals surface area contributed by atoms with Crippen LogP contribution in [-0.2, 0) is 4.79 Å². The molecule has 0 aliphatic carbocycles. The van der Waals surface area contributed by atoms with Gasteiger partial charge in [0, 0.05) is 31.1 Å². The van der Waals surface area contributed by atoms with Crippen molar-refractivity contribution in [3.63, 3.8) is 0 Å². The summed E-state index contributed by atoms with van der Waals surface area (Å²) in [6.07, 6.45) is 23.2. The van der Waals surface area contributed by atoms with Gasteiger partial charge in [0.05, 0.1) is 0 Å². The number of likely N-dealkylation sites (tertiary alicyclic amines) is 1. The topological polar surface area (TPSA) is 23.6 Å². The lowest BCUT2D eigenvalue weighted by atomic mass is 9.92. The quantitative estimate of drug-likeness (QED) is 0.180. The molecule has 194 valence electrons. The summed E-state index contributed by atoms with van der Waals surface area (Å²) in [6, 6.07) is 0.988. The number of hydrogen-bond donors (Lipinski definition) is 0. The van der Waals surface area contributed by atoms with Crippen molar-refractivity contribution in [2.75, 3.05) is 19.6 Å². The standard InChI is InChI=1S/C30H58N2O/c1-5-8-11-13-19-27(20-14-12-9-6-2)30(33)32-28-21-22-29(32)25-31(24-28)23-16-15-18-26(4)17-10-7-3/h26-29H,5-25H2,1-4H3/t26?,28-,29+. The molecule has 33 heavy (non-hydrogen) atoms. The maximum Gasteiger partial charge on any atom is 0.226 e. The second-order valence-corrected chi connectivity index (χ2v) is 11.5. The zero-order chi connectivity index (χ0) is 23.9. The lowest BCUT2D eigenvalue weighted by Crippen LogP contribution is -2.57. The molecule has 2 bridgehead atoms. The van der Waals surface area contributed by atoms with Gasteiger partial charge in [-0.2, -0.15) is 0 Å². The average molecular weight is 463 g/mol. The maximum absolute atomic E-state index is 13.7. The first-order valence-corrected chi connectivity index (χ1v) is 15.1. The summed E-state index contributed by atoms with van der Waals surface area (Å²) in [5, 5.41) is 0. The predicted octanol–water partition coefficient (Wildman–Crippen LogP) is 8.22. The minimum atomic E-state index is 0.290. The normalized spacial score (nSPS) is 21.8. The van der Waals surface area contributed by atoms with E-state index in [1.165, 1.54) is 109 Å². The van der Waals surface area contributed by atoms with Crippen LogP contribution in [0, 0.1) is 11.8 Å². The molecular weight excluding hydrogens is 404 g/mol. The molecule has 2 aliphatic heterocycles. The Hall–Kier alpha value is -0.570. The number of carbonyl (C=O) groups is 1. The van der Waals surface area contributed by atoms with Crippen LogP contribution in [0.3, 0.4) is 0 Å². The Morgan fingerprint density at radius 2 is 1.21 bits per heavy atom. The number of unbranched alkanes of at least 4 members (excludes halogenated alkanes) is 8. The van der Waals surface area contributed by atoms with Gasteiger partial charge in [-0.3, -0.25) is 9.69 Å². The summed E-state index contributed by atoms with van der Waals surface area (Å²) in [5.41, 5.74) is 0. The van der Waals surface area contributed by atoms with Crippen molar-refractivity contribution < 1.29 is 4.79 Å². The third-order valence-electron chi connectivity index (χ3n) is 8.45. The van der Waals surface area contributed by atoms with Gasteiger partial charge in [0.1, 0.15) is 0 Å². The van der Waals surface area contributed by atoms with E-state index in [4.69, 9.17) is 0 Å². The van der Waals surface area contributed by atoms with E-state index in [1.54, 1.807) is 0 Å². The molecule has 0 spiro atoms. The highest BCUT2D eigenvalue weighted by molar-refractivity contribution is 5.80. The van der Waals surface area contributed by atoms with Crippen molar-refractivity contribution in [3.8, 4) is 0 Å². The third-order valence-corrected chi connectivity index (χ3v) is 8.45. The van der Waals surface area contributed by atoms with Gasteiger partial charge in [0.2, 0.25) is 5.91 Å². The second kappa shape index (κ2) is 17.0. The predicted molar refractivity (Wildman–Crippen MR) is 144 cm³/mol. The lowest BCUT2D eigenvalue weighted by molar-refractivity contribution is -0.142. The van der Waals surface area contributed by atoms with Crippen LogP contribution in [0.25, 0.3) is 0 Å². The fourth-order valence-electron chi connectivity index (χ4n) is 6.29. The number of hydrogen-bond acceptors (Lipinski definition) is 2. The van der Waals surface area contributed by atoms with Crippen LogP contribution in [0.1, 0.15) is 143 Å². The minimum Gasteiger partial charge on any atom is -0.334 e. The Balaban J connectivity index is 1.79. The highest BCUT2D eigenvalue weighted by Crippen LogP contribution is 2.34. The molecule has 2 fully saturated rings. The number of nitrogens with zero attached hydrogens (tertiary/aromatic N) is 2. The van der Waals surface area contributed by atoms with Gasteiger partial charge in [-0.25, -0.2) is 0 Å². The fraction of sp³-hybridized carbons (Fsp3) is 0.967. The summed E-state index contributed by atoms with van der Waals surface area (Å²) in [7, 11) is 0. The molecule has 3 nitrogen and oxygen atoms in total. The monoisotopic (exact) mass is 462 g/mol. The molecule has 0 aromatic rings. The molecule has 2 rings (SSSR count). The smallest absolute Gasteiger partial charge is 0.226 e. The molecule has 2 saturated heterocycles. The van der Waals surface area contributed by atoms with Crippen LogP contribution < -0.4 is 0 Å². The number of amides is 1. The van der Waals surface area contributed by atoms with Crippen LogP contribution in [0.4, 0.5) is 0 Å². The number of rotatable bonds is 19. The van der Waals surface area contributed by atoms with E-state index in [1.807, 2.05) is 0 Å². The van der Waals surface area contributed by atoms with Crippen molar-refractivity contribution in [2.24, 2.45) is 11.8 Å². The Morgan fingerprint density at radius 1 is 0.697 bits per heavy atom. The van der Waals surface area contributed by atoms with Crippen LogP contribution in [-0.4, -0.2) is 47.4 Å². The molecule has 2 heterocycles. The van der Waals surface area contributed by atoms with E-state index in [9.17, 15) is 4.79 Å². The lowest BCUT2D eigenvalue weighted by Gasteiger charge is -2.42. The molecule has 0 N–H and O–H groups in total. The van der Waals surface area contributed by atoms with Crippen molar-refractivity contribution in [1.82, 2.24) is 9.80 Å². The van der Waals surface area contributed by atoms with Gasteiger partial charge in [-0.05, 0) is 44.6 Å². The molecule has 0 aromatic heterocycles. The fourth-order valence-corrected chi connectivity index (χ4v) is 6.29. The van der Waals surface area contributed by atoms with Crippen molar-refractivity contribution in [2.45, 2.75) is 155 Å². The van der Waals surface area contributed by atoms with E-state index in [0.717, 1.165) is 31.8 Å². The van der Waals surface area contributed by atoms with Crippen LogP contribution >= 0.6 is 0 Å². The molecular formula is C30H58N2O. The number of piperazine rings is 1. The Morgan fingerprint density at radius 3 is 1.76 bits per heavy atom. The molecule has 0 aromatic carbocycles. The molecule has 3 atom stereocenters. The highest BCUT2D eigenvalue weighted by atomic mass is 16.2. The summed E-state index contributed by atoms with van der Waals surface area (Å²) < 4.78 is 0. The summed E-state index contributed by atoms with van der Waals surface area (Å²) in [4.78, 5) is 18.8. The van der Waals surface area contributed by atoms with Gasteiger partial charge in [0.15, 0.2) is 0 Å². The van der Waals surface area contributed by atoms with Crippen molar-refractivity contribution in [1.29, 1.82) is 0 Å². The average Bonchev–Trinajstić information content (AvgIpc) is 3.08. The van der Waals surface area contributed by atoms with E-state index in [-0.39, 0.29) is 5.92 Å². The van der Waals surface area contributed by atoms with Gasteiger partial charge in [-0.1, -0.05) is 111 Å². The van der Waals surface area contributed by atoms with Crippen molar-refractivity contribution in [3.05, 3.63) is 0 Å². The van der Waals surface area contributed by atoms with E-state index < -0.39 is 0 Å². The van der Waals surface area contributed by atoms with Crippen LogP contribution in [0.2, 0.25) is 0 Å². The second-order valence-electron chi connectivity index (χ2n) is 11.5. The highest BCUT2D eigenvalue weighted by Gasteiger charge is 2.43. The Bertz CT molecular complexity index is 482. The Kier molecular flexibility index (Phi) is 14.7. The van der Waals surface area contributed by atoms with E-state index in [0.29, 0.717) is 18.0 Å². The van der Waals surface area contributed by atoms with Gasteiger partial charge < -0.3 is 4.90 Å². The first-order valence-electron chi connectivity index (χ1n) is 15.1. The summed E-state index contributed by atoms with van der Waals surface area (Å²) in [5.74, 6) is 1.71. The van der Waals surface area contributed by atoms with Crippen LogP contribution in [0.15, 0.2) is 0 Å². The first-order chi connectivity index (χ1) is 16.1. The van der Waals surface area contributed by atoms with Crippen LogP contribution in [0.5, 0.6) is 0 Å². The molecule has 3 heteroatoms. The van der Waals surface area contributed by atoms with Gasteiger partial charge >= 0.3 is 0 Å². The Labute approximate surface area is 207 Å². The van der Waals surface area contributed by atoms with Crippen molar-refractivity contribution >= 4 is 5.91 Å². The number of carbonyl (C=O) groups excluding carboxylic acids is 1. The molecule has 1 amide bonds. The summed E-state index contributed by atoms with van der Waals surface area (Å²) in [6.45, 7) is 12.8. The minimum absolute atomic E-state index is 0.290. The zero-order valence-corrected chi connectivity index (χ0v) is 23.0. The third kappa shape index (κ3) is 10.3. The maximum atomic E-state index is 13.7. The van der Waals surface area contributed by atoms with Gasteiger partial charge in [-0.15, -0.1) is 0 Å². The summed E-state index contributed by atoms with van der Waals surface area (Å²) >= 11 is 0. The van der Waals surface area contributed by atoms with E-state index in [2.05, 4.69) is 37.5 Å². The zero-order valence-electron chi connectivity index (χ0n) is 23.0.